The summed E-state index contributed by atoms with van der Waals surface area (Å²) >= 11 is 0. The normalized spacial score (nSPS) is 17.7. The van der Waals surface area contributed by atoms with Crippen LogP contribution in [0.4, 0.5) is 0 Å². The molecule has 1 saturated carbocycles. The number of hydrogen-bond acceptors (Lipinski definition) is 2. The Morgan fingerprint density at radius 1 is 1.32 bits per heavy atom. The summed E-state index contributed by atoms with van der Waals surface area (Å²) < 4.78 is 5.84. The van der Waals surface area contributed by atoms with Gasteiger partial charge in [0.2, 0.25) is 0 Å². The molecule has 0 amide bonds. The molecule has 3 rings (SSSR count). The number of rotatable bonds is 6. The molecule has 22 heavy (non-hydrogen) atoms. The zero-order chi connectivity index (χ0) is 15.4. The molecule has 0 unspecified atom stereocenters. The topological polar surface area (TPSA) is 61.9 Å². The molecule has 1 aliphatic carbocycles. The maximum absolute atomic E-state index is 10.2. The predicted octanol–water partition coefficient (Wildman–Crippen LogP) is 2.11. The van der Waals surface area contributed by atoms with Gasteiger partial charge in [0.1, 0.15) is 25.0 Å². The van der Waals surface area contributed by atoms with E-state index in [1.165, 1.54) is 32.1 Å². The Balaban J connectivity index is 1.50. The van der Waals surface area contributed by atoms with E-state index in [-0.39, 0.29) is 0 Å². The van der Waals surface area contributed by atoms with Crippen LogP contribution in [0.15, 0.2) is 24.3 Å². The van der Waals surface area contributed by atoms with Crippen LogP contribution in [0.5, 0.6) is 5.75 Å². The number of nitrogens with one attached hydrogen (secondary N) is 1. The Labute approximate surface area is 131 Å². The molecule has 1 aromatic carbocycles. The number of aromatic amines is 1. The molecule has 1 atom stereocenters. The molecule has 1 fully saturated rings. The second-order valence-corrected chi connectivity index (χ2v) is 6.50. The van der Waals surface area contributed by atoms with E-state index in [4.69, 9.17) is 4.74 Å². The summed E-state index contributed by atoms with van der Waals surface area (Å²) in [6.45, 7) is 3.12. The fourth-order valence-corrected chi connectivity index (χ4v) is 3.37. The average molecular weight is 303 g/mol. The van der Waals surface area contributed by atoms with Crippen LogP contribution < -0.4 is 10.1 Å². The van der Waals surface area contributed by atoms with Gasteiger partial charge in [-0.3, -0.25) is 0 Å². The number of benzene rings is 1. The standard InChI is InChI=1S/C18H26N2O2/c1-13-10-16-17(20-13)8-5-9-18(16)22-12-15(21)11-19-14-6-3-2-4-7-14/h5,8-10,14-15,19-21H,2-4,6-7,11-12H2,1H3/p+1/t15-/m0/s1. The Morgan fingerprint density at radius 3 is 2.95 bits per heavy atom. The molecule has 0 spiro atoms. The highest BCUT2D eigenvalue weighted by Gasteiger charge is 2.18. The van der Waals surface area contributed by atoms with Crippen LogP contribution in [0.25, 0.3) is 10.9 Å². The van der Waals surface area contributed by atoms with Gasteiger partial charge in [0.05, 0.1) is 6.04 Å². The molecule has 0 radical (unpaired) electrons. The smallest absolute Gasteiger partial charge is 0.137 e. The maximum Gasteiger partial charge on any atom is 0.137 e. The molecular weight excluding hydrogens is 276 g/mol. The van der Waals surface area contributed by atoms with Gasteiger partial charge in [-0.05, 0) is 50.8 Å². The first-order chi connectivity index (χ1) is 10.7. The van der Waals surface area contributed by atoms with E-state index in [1.54, 1.807) is 0 Å². The van der Waals surface area contributed by atoms with Crippen LogP contribution in [0.3, 0.4) is 0 Å². The number of quaternary nitrogens is 1. The lowest BCUT2D eigenvalue weighted by molar-refractivity contribution is -0.697. The zero-order valence-corrected chi connectivity index (χ0v) is 13.3. The summed E-state index contributed by atoms with van der Waals surface area (Å²) in [5.41, 5.74) is 2.20. The van der Waals surface area contributed by atoms with Crippen molar-refractivity contribution in [2.24, 2.45) is 0 Å². The minimum absolute atomic E-state index is 0.354. The number of aliphatic hydroxyl groups is 1. The molecule has 1 aromatic heterocycles. The largest absolute Gasteiger partial charge is 0.490 e. The van der Waals surface area contributed by atoms with Gasteiger partial charge < -0.3 is 20.1 Å². The van der Waals surface area contributed by atoms with Crippen LogP contribution >= 0.6 is 0 Å². The van der Waals surface area contributed by atoms with Crippen molar-refractivity contribution in [2.75, 3.05) is 13.2 Å². The third-order valence-electron chi connectivity index (χ3n) is 4.58. The van der Waals surface area contributed by atoms with Crippen molar-refractivity contribution >= 4 is 10.9 Å². The van der Waals surface area contributed by atoms with Gasteiger partial charge in [-0.25, -0.2) is 0 Å². The number of aryl methyl sites for hydroxylation is 1. The van der Waals surface area contributed by atoms with Crippen LogP contribution in [0.2, 0.25) is 0 Å². The molecule has 0 saturated heterocycles. The third kappa shape index (κ3) is 3.81. The number of nitrogens with two attached hydrogens (primary N) is 1. The fraction of sp³-hybridized carbons (Fsp3) is 0.556. The van der Waals surface area contributed by atoms with Gasteiger partial charge in [0, 0.05) is 16.6 Å². The van der Waals surface area contributed by atoms with Crippen molar-refractivity contribution in [2.45, 2.75) is 51.2 Å². The zero-order valence-electron chi connectivity index (χ0n) is 13.3. The molecule has 1 aliphatic rings. The average Bonchev–Trinajstić information content (AvgIpc) is 2.92. The Morgan fingerprint density at radius 2 is 2.14 bits per heavy atom. The third-order valence-corrected chi connectivity index (χ3v) is 4.58. The van der Waals surface area contributed by atoms with Crippen LogP contribution in [-0.4, -0.2) is 35.4 Å². The first-order valence-electron chi connectivity index (χ1n) is 8.45. The van der Waals surface area contributed by atoms with E-state index in [1.807, 2.05) is 25.1 Å². The van der Waals surface area contributed by atoms with E-state index >= 15 is 0 Å². The number of fused-ring (bicyclic) bond motifs is 1. The summed E-state index contributed by atoms with van der Waals surface area (Å²) in [7, 11) is 0. The lowest BCUT2D eigenvalue weighted by Crippen LogP contribution is -2.92. The van der Waals surface area contributed by atoms with Crippen molar-refractivity contribution in [3.05, 3.63) is 30.0 Å². The van der Waals surface area contributed by atoms with E-state index in [0.29, 0.717) is 12.6 Å². The summed E-state index contributed by atoms with van der Waals surface area (Å²) in [6.07, 6.45) is 6.20. The minimum atomic E-state index is -0.419. The molecule has 0 bridgehead atoms. The second-order valence-electron chi connectivity index (χ2n) is 6.50. The van der Waals surface area contributed by atoms with Gasteiger partial charge in [-0.1, -0.05) is 12.5 Å². The van der Waals surface area contributed by atoms with Crippen molar-refractivity contribution in [1.82, 2.24) is 4.98 Å². The lowest BCUT2D eigenvalue weighted by Gasteiger charge is -2.21. The molecule has 2 aromatic rings. The first-order valence-corrected chi connectivity index (χ1v) is 8.45. The quantitative estimate of drug-likeness (QED) is 0.765. The first kappa shape index (κ1) is 15.4. The van der Waals surface area contributed by atoms with Gasteiger partial charge in [0.15, 0.2) is 0 Å². The fourth-order valence-electron chi connectivity index (χ4n) is 3.37. The number of aliphatic hydroxyl groups excluding tert-OH is 1. The number of H-pyrrole nitrogens is 1. The number of ether oxygens (including phenoxy) is 1. The van der Waals surface area contributed by atoms with Crippen LogP contribution in [-0.2, 0) is 0 Å². The Bertz CT molecular complexity index is 602. The van der Waals surface area contributed by atoms with Gasteiger partial charge in [0.25, 0.3) is 0 Å². The summed E-state index contributed by atoms with van der Waals surface area (Å²) in [5, 5.41) is 13.5. The summed E-state index contributed by atoms with van der Waals surface area (Å²) in [6, 6.07) is 8.77. The van der Waals surface area contributed by atoms with Crippen molar-refractivity contribution in [3.8, 4) is 5.75 Å². The van der Waals surface area contributed by atoms with E-state index in [9.17, 15) is 5.11 Å². The molecule has 1 heterocycles. The van der Waals surface area contributed by atoms with E-state index < -0.39 is 6.10 Å². The molecule has 4 N–H and O–H groups in total. The van der Waals surface area contributed by atoms with Crippen molar-refractivity contribution in [3.63, 3.8) is 0 Å². The highest BCUT2D eigenvalue weighted by Crippen LogP contribution is 2.26. The highest BCUT2D eigenvalue weighted by atomic mass is 16.5. The van der Waals surface area contributed by atoms with Crippen molar-refractivity contribution < 1.29 is 15.2 Å². The molecule has 4 nitrogen and oxygen atoms in total. The monoisotopic (exact) mass is 303 g/mol. The van der Waals surface area contributed by atoms with Crippen molar-refractivity contribution in [1.29, 1.82) is 0 Å². The minimum Gasteiger partial charge on any atom is -0.490 e. The Hall–Kier alpha value is -1.52. The molecule has 4 heteroatoms. The van der Waals surface area contributed by atoms with Crippen LogP contribution in [0.1, 0.15) is 37.8 Å². The number of aromatic nitrogens is 1. The molecule has 0 aliphatic heterocycles. The van der Waals surface area contributed by atoms with E-state index in [0.717, 1.165) is 28.9 Å². The van der Waals surface area contributed by atoms with Gasteiger partial charge in [-0.2, -0.15) is 0 Å². The maximum atomic E-state index is 10.2. The van der Waals surface area contributed by atoms with Crippen LogP contribution in [0, 0.1) is 6.92 Å². The molecular formula is C18H27N2O2+. The van der Waals surface area contributed by atoms with Gasteiger partial charge >= 0.3 is 0 Å². The predicted molar refractivity (Wildman–Crippen MR) is 88.2 cm³/mol. The molecule has 120 valence electrons. The van der Waals surface area contributed by atoms with Gasteiger partial charge in [-0.15, -0.1) is 0 Å². The second kappa shape index (κ2) is 7.16. The summed E-state index contributed by atoms with van der Waals surface area (Å²) in [4.78, 5) is 3.31. The highest BCUT2D eigenvalue weighted by molar-refractivity contribution is 5.86. The number of hydrogen-bond donors (Lipinski definition) is 3. The van der Waals surface area contributed by atoms with E-state index in [2.05, 4.69) is 16.4 Å². The SMILES string of the molecule is Cc1cc2c(OC[C@@H](O)C[NH2+]C3CCCCC3)cccc2[nH]1. The Kier molecular flexibility index (Phi) is 5.01. The lowest BCUT2D eigenvalue weighted by atomic mass is 9.95. The summed E-state index contributed by atoms with van der Waals surface area (Å²) in [5.74, 6) is 0.846.